The molecule has 1 heterocycles. The van der Waals surface area contributed by atoms with Gasteiger partial charge in [-0.3, -0.25) is 10.1 Å². The third kappa shape index (κ3) is 4.03. The monoisotopic (exact) mass is 313 g/mol. The number of aromatic nitrogens is 4. The van der Waals surface area contributed by atoms with Gasteiger partial charge < -0.3 is 0 Å². The minimum absolute atomic E-state index is 0.0656. The highest BCUT2D eigenvalue weighted by molar-refractivity contribution is 5.90. The number of tetrazole rings is 1. The van der Waals surface area contributed by atoms with Crippen LogP contribution in [0.1, 0.15) is 24.5 Å². The molecule has 6 nitrogen and oxygen atoms in total. The van der Waals surface area contributed by atoms with Gasteiger partial charge in [0, 0.05) is 5.92 Å². The van der Waals surface area contributed by atoms with Crippen molar-refractivity contribution in [2.75, 3.05) is 5.32 Å². The second-order valence-electron chi connectivity index (χ2n) is 4.73. The van der Waals surface area contributed by atoms with Crippen molar-refractivity contribution in [3.8, 4) is 0 Å². The van der Waals surface area contributed by atoms with Gasteiger partial charge in [0.15, 0.2) is 0 Å². The molecule has 22 heavy (non-hydrogen) atoms. The summed E-state index contributed by atoms with van der Waals surface area (Å²) in [7, 11) is 0. The Kier molecular flexibility index (Phi) is 4.74. The Hall–Kier alpha value is -2.45. The van der Waals surface area contributed by atoms with Gasteiger partial charge in [-0.05, 0) is 35.8 Å². The molecule has 0 bridgehead atoms. The van der Waals surface area contributed by atoms with Crippen LogP contribution < -0.4 is 5.32 Å². The fraction of sp³-hybridized carbons (Fsp3) is 0.385. The predicted molar refractivity (Wildman–Crippen MR) is 71.7 cm³/mol. The molecule has 0 aliphatic rings. The zero-order valence-electron chi connectivity index (χ0n) is 11.7. The minimum Gasteiger partial charge on any atom is -0.292 e. The topological polar surface area (TPSA) is 83.6 Å². The molecule has 118 valence electrons. The lowest BCUT2D eigenvalue weighted by molar-refractivity contribution is -0.137. The highest BCUT2D eigenvalue weighted by Gasteiger charge is 2.30. The number of alkyl halides is 3. The van der Waals surface area contributed by atoms with E-state index in [4.69, 9.17) is 0 Å². The standard InChI is InChI=1S/C13H14F3N5O/c1-2-9(11(22)17-12-18-20-21-19-12)7-8-3-5-10(6-4-8)13(14,15)16/h3-6,9H,2,7H2,1H3,(H2,17,18,19,20,21,22)/t9-/m1/s1. The first-order valence-corrected chi connectivity index (χ1v) is 6.60. The first kappa shape index (κ1) is 15.9. The summed E-state index contributed by atoms with van der Waals surface area (Å²) >= 11 is 0. The number of nitrogens with zero attached hydrogens (tertiary/aromatic N) is 3. The molecule has 1 aromatic carbocycles. The van der Waals surface area contributed by atoms with E-state index < -0.39 is 17.7 Å². The maximum atomic E-state index is 12.5. The van der Waals surface area contributed by atoms with Crippen molar-refractivity contribution in [3.63, 3.8) is 0 Å². The molecule has 0 radical (unpaired) electrons. The van der Waals surface area contributed by atoms with Crippen LogP contribution >= 0.6 is 0 Å². The molecule has 1 aromatic heterocycles. The molecule has 0 aliphatic heterocycles. The third-order valence-corrected chi connectivity index (χ3v) is 3.21. The average Bonchev–Trinajstić information content (AvgIpc) is 2.97. The van der Waals surface area contributed by atoms with E-state index in [1.807, 2.05) is 6.92 Å². The van der Waals surface area contributed by atoms with Gasteiger partial charge in [-0.15, -0.1) is 5.10 Å². The molecule has 1 atom stereocenters. The van der Waals surface area contributed by atoms with Gasteiger partial charge in [-0.2, -0.15) is 18.4 Å². The van der Waals surface area contributed by atoms with E-state index in [2.05, 4.69) is 25.9 Å². The largest absolute Gasteiger partial charge is 0.416 e. The third-order valence-electron chi connectivity index (χ3n) is 3.21. The normalized spacial score (nSPS) is 12.9. The molecule has 2 aromatic rings. The molecule has 0 unspecified atom stereocenters. The number of H-pyrrole nitrogens is 1. The van der Waals surface area contributed by atoms with E-state index in [-0.39, 0.29) is 11.9 Å². The van der Waals surface area contributed by atoms with Crippen molar-refractivity contribution >= 4 is 11.9 Å². The van der Waals surface area contributed by atoms with Crippen LogP contribution in [0.25, 0.3) is 0 Å². The second kappa shape index (κ2) is 6.54. The van der Waals surface area contributed by atoms with Crippen LogP contribution in [0.2, 0.25) is 0 Å². The van der Waals surface area contributed by atoms with Crippen molar-refractivity contribution in [3.05, 3.63) is 35.4 Å². The van der Waals surface area contributed by atoms with Crippen LogP contribution in [0.15, 0.2) is 24.3 Å². The fourth-order valence-corrected chi connectivity index (χ4v) is 1.96. The summed E-state index contributed by atoms with van der Waals surface area (Å²) in [5.74, 6) is -0.630. The van der Waals surface area contributed by atoms with Crippen molar-refractivity contribution in [1.82, 2.24) is 20.6 Å². The van der Waals surface area contributed by atoms with Crippen molar-refractivity contribution < 1.29 is 18.0 Å². The Bertz CT molecular complexity index is 610. The Morgan fingerprint density at radius 1 is 1.32 bits per heavy atom. The number of amides is 1. The van der Waals surface area contributed by atoms with E-state index in [9.17, 15) is 18.0 Å². The Labute approximate surface area is 124 Å². The molecule has 0 saturated carbocycles. The van der Waals surface area contributed by atoms with E-state index in [1.165, 1.54) is 12.1 Å². The number of anilines is 1. The summed E-state index contributed by atoms with van der Waals surface area (Å²) < 4.78 is 37.5. The first-order valence-electron chi connectivity index (χ1n) is 6.60. The summed E-state index contributed by atoms with van der Waals surface area (Å²) in [5.41, 5.74) is -0.0522. The van der Waals surface area contributed by atoms with Crippen LogP contribution in [-0.4, -0.2) is 26.5 Å². The van der Waals surface area contributed by atoms with Gasteiger partial charge in [-0.25, -0.2) is 0 Å². The molecule has 1 amide bonds. The van der Waals surface area contributed by atoms with E-state index in [1.54, 1.807) is 0 Å². The van der Waals surface area contributed by atoms with Crippen LogP contribution in [0, 0.1) is 5.92 Å². The molecule has 2 rings (SSSR count). The van der Waals surface area contributed by atoms with Gasteiger partial charge in [0.25, 0.3) is 5.95 Å². The number of hydrogen-bond donors (Lipinski definition) is 2. The maximum absolute atomic E-state index is 12.5. The smallest absolute Gasteiger partial charge is 0.292 e. The summed E-state index contributed by atoms with van der Waals surface area (Å²) in [6.07, 6.45) is -3.50. The second-order valence-corrected chi connectivity index (χ2v) is 4.73. The average molecular weight is 313 g/mol. The zero-order valence-corrected chi connectivity index (χ0v) is 11.7. The van der Waals surface area contributed by atoms with Gasteiger partial charge in [0.2, 0.25) is 5.91 Å². The number of carbonyl (C=O) groups is 1. The molecular weight excluding hydrogens is 299 g/mol. The highest BCUT2D eigenvalue weighted by Crippen LogP contribution is 2.29. The fourth-order valence-electron chi connectivity index (χ4n) is 1.96. The van der Waals surface area contributed by atoms with Crippen LogP contribution in [0.4, 0.5) is 19.1 Å². The van der Waals surface area contributed by atoms with Crippen molar-refractivity contribution in [2.24, 2.45) is 5.92 Å². The Morgan fingerprint density at radius 3 is 2.50 bits per heavy atom. The highest BCUT2D eigenvalue weighted by atomic mass is 19.4. The molecule has 0 aliphatic carbocycles. The molecule has 0 spiro atoms. The zero-order chi connectivity index (χ0) is 16.2. The van der Waals surface area contributed by atoms with E-state index >= 15 is 0 Å². The Balaban J connectivity index is 2.02. The van der Waals surface area contributed by atoms with Gasteiger partial charge in [0.1, 0.15) is 0 Å². The maximum Gasteiger partial charge on any atom is 0.416 e. The molecule has 9 heteroatoms. The summed E-state index contributed by atoms with van der Waals surface area (Å²) in [4.78, 5) is 12.1. The van der Waals surface area contributed by atoms with Crippen molar-refractivity contribution in [1.29, 1.82) is 0 Å². The molecule has 0 fully saturated rings. The lowest BCUT2D eigenvalue weighted by Gasteiger charge is -2.14. The summed E-state index contributed by atoms with van der Waals surface area (Å²) in [6.45, 7) is 1.82. The SMILES string of the molecule is CC[C@H](Cc1ccc(C(F)(F)F)cc1)C(=O)Nc1nn[nH]n1. The van der Waals surface area contributed by atoms with Crippen LogP contribution in [-0.2, 0) is 17.4 Å². The lowest BCUT2D eigenvalue weighted by Crippen LogP contribution is -2.24. The lowest BCUT2D eigenvalue weighted by atomic mass is 9.95. The van der Waals surface area contributed by atoms with E-state index in [0.717, 1.165) is 12.1 Å². The molecule has 2 N–H and O–H groups in total. The number of benzene rings is 1. The van der Waals surface area contributed by atoms with Gasteiger partial charge in [0.05, 0.1) is 5.56 Å². The number of nitrogens with one attached hydrogen (secondary N) is 2. The number of carbonyl (C=O) groups excluding carboxylic acids is 1. The Morgan fingerprint density at radius 2 is 2.00 bits per heavy atom. The first-order chi connectivity index (χ1) is 10.4. The van der Waals surface area contributed by atoms with Crippen LogP contribution in [0.5, 0.6) is 0 Å². The minimum atomic E-state index is -4.36. The molecule has 0 saturated heterocycles. The van der Waals surface area contributed by atoms with Gasteiger partial charge >= 0.3 is 6.18 Å². The number of rotatable bonds is 5. The summed E-state index contributed by atoms with van der Waals surface area (Å²) in [5, 5.41) is 15.3. The van der Waals surface area contributed by atoms with Gasteiger partial charge in [-0.1, -0.05) is 24.2 Å². The number of aromatic amines is 1. The predicted octanol–water partition coefficient (Wildman–Crippen LogP) is 2.43. The summed E-state index contributed by atoms with van der Waals surface area (Å²) in [6, 6.07) is 4.79. The number of hydrogen-bond acceptors (Lipinski definition) is 4. The molecular formula is C13H14F3N5O. The quantitative estimate of drug-likeness (QED) is 0.888. The van der Waals surface area contributed by atoms with Crippen LogP contribution in [0.3, 0.4) is 0 Å². The number of halogens is 3. The van der Waals surface area contributed by atoms with E-state index in [0.29, 0.717) is 18.4 Å². The van der Waals surface area contributed by atoms with Crippen molar-refractivity contribution in [2.45, 2.75) is 25.9 Å².